The van der Waals surface area contributed by atoms with Crippen LogP contribution in [0.5, 0.6) is 0 Å². The predicted octanol–water partition coefficient (Wildman–Crippen LogP) is 39.9. The van der Waals surface area contributed by atoms with Gasteiger partial charge in [-0.25, -0.2) is 0 Å². The van der Waals surface area contributed by atoms with Crippen LogP contribution >= 0.6 is 0 Å². The predicted molar refractivity (Wildman–Crippen MR) is 624 cm³/mol. The lowest BCUT2D eigenvalue weighted by Crippen LogP contribution is -2.10. The number of para-hydroxylation sites is 10. The maximum Gasteiger partial charge on any atom is 0.159 e. The number of furan rings is 2. The summed E-state index contributed by atoms with van der Waals surface area (Å²) in [6.45, 7) is 0. The maximum atomic E-state index is 6.48. The highest BCUT2D eigenvalue weighted by atomic mass is 16.3. The lowest BCUT2D eigenvalue weighted by atomic mass is 10.0. The molecule has 8 heteroatoms. The number of hydrogen-bond acceptors (Lipinski definition) is 7. The van der Waals surface area contributed by atoms with Gasteiger partial charge in [0, 0.05) is 111 Å². The lowest BCUT2D eigenvalue weighted by molar-refractivity contribution is 0.668. The molecule has 0 aliphatic carbocycles. The van der Waals surface area contributed by atoms with E-state index in [0.717, 1.165) is 140 Å². The van der Waals surface area contributed by atoms with Gasteiger partial charge in [0.1, 0.15) is 11.2 Å². The monoisotopic (exact) mass is 1890 g/mol. The second-order valence-electron chi connectivity index (χ2n) is 37.0. The molecule has 8 nitrogen and oxygen atoms in total. The van der Waals surface area contributed by atoms with E-state index in [2.05, 4.69) is 587 Å². The van der Waals surface area contributed by atoms with Crippen LogP contribution < -0.4 is 24.5 Å². The summed E-state index contributed by atoms with van der Waals surface area (Å²) in [7, 11) is 0. The Balaban J connectivity index is 0.000000116. The van der Waals surface area contributed by atoms with Gasteiger partial charge in [0.15, 0.2) is 11.2 Å². The van der Waals surface area contributed by atoms with Crippen molar-refractivity contribution in [3.05, 3.63) is 595 Å². The van der Waals surface area contributed by atoms with Gasteiger partial charge in [-0.15, -0.1) is 0 Å². The van der Waals surface area contributed by atoms with E-state index in [1.165, 1.54) is 93.5 Å². The van der Waals surface area contributed by atoms with Gasteiger partial charge < -0.3 is 37.9 Å². The summed E-state index contributed by atoms with van der Waals surface area (Å²) >= 11 is 0. The van der Waals surface area contributed by atoms with E-state index < -0.39 is 0 Å². The summed E-state index contributed by atoms with van der Waals surface area (Å²) in [5.74, 6) is 0. The summed E-state index contributed by atoms with van der Waals surface area (Å²) < 4.78 is 15.3. The Hall–Kier alpha value is -19.8. The van der Waals surface area contributed by atoms with Crippen molar-refractivity contribution in [3.63, 3.8) is 0 Å². The van der Waals surface area contributed by atoms with Crippen LogP contribution in [0, 0.1) is 0 Å². The number of hydrogen-bond donors (Lipinski definition) is 0. The van der Waals surface area contributed by atoms with Crippen LogP contribution in [0.25, 0.3) is 149 Å². The second-order valence-corrected chi connectivity index (χ2v) is 37.0. The molecule has 0 aliphatic rings. The molecule has 27 aromatic rings. The van der Waals surface area contributed by atoms with Crippen LogP contribution in [0.2, 0.25) is 0 Å². The van der Waals surface area contributed by atoms with Crippen molar-refractivity contribution < 1.29 is 8.83 Å². The van der Waals surface area contributed by atoms with Gasteiger partial charge in [-0.1, -0.05) is 394 Å². The van der Waals surface area contributed by atoms with E-state index in [1.54, 1.807) is 0 Å². The SMILES string of the molecule is c1ccc(-c2ccc(N(c3ccc(-c4ccccc4)cc3)c3ccc(-c4ccc5c(c4)c4ccccc4n5-c4ccccc4)cc3)cc2)cc1.c1ccc(N(c2ccc(-c3ccc(N(c4ccccc4)c4cccc5c4oc4ccccc45)cc3)cc2)c2cccc3c2oc2ccccc23)cc1.c1ccc(N(c2ccc(-c3ccc(N(c4ccccc4)c4cccc5ccccc45)cc3)cc2)c2cccc3ccccc23)cc1. The van der Waals surface area contributed by atoms with E-state index in [-0.39, 0.29) is 0 Å². The molecule has 0 radical (unpaired) electrons. The molecule has 0 aliphatic heterocycles. The van der Waals surface area contributed by atoms with E-state index in [9.17, 15) is 0 Å². The van der Waals surface area contributed by atoms with Gasteiger partial charge in [-0.2, -0.15) is 0 Å². The van der Waals surface area contributed by atoms with Crippen molar-refractivity contribution in [1.82, 2.24) is 4.57 Å². The molecule has 3 aromatic heterocycles. The average molecular weight is 1900 g/mol. The maximum absolute atomic E-state index is 6.48. The molecule has 0 fully saturated rings. The van der Waals surface area contributed by atoms with Crippen molar-refractivity contribution in [2.75, 3.05) is 24.5 Å². The molecule has 0 unspecified atom stereocenters. The first kappa shape index (κ1) is 89.5. The molecule has 0 atom stereocenters. The zero-order valence-electron chi connectivity index (χ0n) is 81.1. The summed E-state index contributed by atoms with van der Waals surface area (Å²) in [5.41, 5.74) is 35.3. The van der Waals surface area contributed by atoms with Crippen LogP contribution in [0.4, 0.5) is 85.3 Å². The first-order chi connectivity index (χ1) is 73.4. The summed E-state index contributed by atoms with van der Waals surface area (Å²) in [6, 6.07) is 211. The van der Waals surface area contributed by atoms with Gasteiger partial charge in [0.05, 0.1) is 33.8 Å². The minimum absolute atomic E-state index is 0.869. The van der Waals surface area contributed by atoms with Gasteiger partial charge in [0.25, 0.3) is 0 Å². The molecule has 0 spiro atoms. The second kappa shape index (κ2) is 40.3. The third-order valence-electron chi connectivity index (χ3n) is 28.1. The van der Waals surface area contributed by atoms with Crippen LogP contribution in [0.3, 0.4) is 0 Å². The Morgan fingerprint density at radius 2 is 0.365 bits per heavy atom. The number of rotatable bonds is 21. The fourth-order valence-corrected chi connectivity index (χ4v) is 21.0. The Labute approximate surface area is 860 Å². The normalized spacial score (nSPS) is 11.2. The molecule has 148 heavy (non-hydrogen) atoms. The van der Waals surface area contributed by atoms with E-state index in [0.29, 0.717) is 0 Å². The number of fused-ring (bicyclic) bond motifs is 11. The van der Waals surface area contributed by atoms with E-state index in [1.807, 2.05) is 36.4 Å². The number of aromatic nitrogens is 1. The standard InChI is InChI=1S/C48H32N2O2.C48H34N2.C44H32N2/c1-3-13-35(14-4-1)49(43-21-11-19-41-39-17-7-9-23-45(39)51-47(41)43)37-29-25-33(26-30-37)34-27-31-38(32-28-34)50(36-15-5-2-6-16-36)44-22-12-20-42-40-18-8-10-24-46(40)52-48(42)44;1-4-12-35(13-5-1)37-20-27-42(28-21-37)49(43-29-22-38(23-30-43)36-14-6-2-7-15-36)44-31-24-39(25-32-44)40-26-33-48-46(34-40)45-18-10-11-19-47(45)50(48)41-16-8-3-9-17-41;1-3-17-37(18-4-1)45(43-23-11-15-35-13-7-9-21-41(35)43)39-29-25-33(26-30-39)34-27-31-40(32-28-34)46(38-19-5-2-6-20-38)44-24-12-16-36-14-8-10-22-42(36)44/h1-32H;1-34H;1-32H. The molecule has 24 aromatic carbocycles. The number of benzene rings is 24. The highest BCUT2D eigenvalue weighted by Crippen LogP contribution is 2.49. The molecule has 27 rings (SSSR count). The Kier molecular flexibility index (Phi) is 24.4. The average Bonchev–Trinajstić information content (AvgIpc) is 1.53. The third kappa shape index (κ3) is 17.7. The molecule has 0 saturated carbocycles. The van der Waals surface area contributed by atoms with Crippen molar-refractivity contribution in [2.24, 2.45) is 0 Å². The number of nitrogens with zero attached hydrogens (tertiary/aromatic N) is 6. The van der Waals surface area contributed by atoms with Crippen LogP contribution in [0.1, 0.15) is 0 Å². The zero-order chi connectivity index (χ0) is 98.4. The first-order valence-corrected chi connectivity index (χ1v) is 50.3. The van der Waals surface area contributed by atoms with Gasteiger partial charge >= 0.3 is 0 Å². The molecule has 0 bridgehead atoms. The molecule has 0 N–H and O–H groups in total. The largest absolute Gasteiger partial charge is 0.454 e. The van der Waals surface area contributed by atoms with Crippen molar-refractivity contribution in [3.8, 4) is 61.3 Å². The fourth-order valence-electron chi connectivity index (χ4n) is 21.0. The topological polar surface area (TPSA) is 47.4 Å². The van der Waals surface area contributed by atoms with E-state index in [4.69, 9.17) is 8.83 Å². The van der Waals surface area contributed by atoms with Crippen LogP contribution in [-0.2, 0) is 0 Å². The van der Waals surface area contributed by atoms with Gasteiger partial charge in [0.2, 0.25) is 0 Å². The first-order valence-electron chi connectivity index (χ1n) is 50.3. The summed E-state index contributed by atoms with van der Waals surface area (Å²) in [6.07, 6.45) is 0. The smallest absolute Gasteiger partial charge is 0.159 e. The van der Waals surface area contributed by atoms with Crippen LogP contribution in [0.15, 0.2) is 603 Å². The quantitative estimate of drug-likeness (QED) is 0.0710. The lowest BCUT2D eigenvalue weighted by Gasteiger charge is -2.27. The fraction of sp³-hybridized carbons (Fsp3) is 0. The highest BCUT2D eigenvalue weighted by Gasteiger charge is 2.26. The Morgan fingerprint density at radius 3 is 0.723 bits per heavy atom. The van der Waals surface area contributed by atoms with Crippen molar-refractivity contribution in [2.45, 2.75) is 0 Å². The number of anilines is 15. The minimum atomic E-state index is 0.869. The summed E-state index contributed by atoms with van der Waals surface area (Å²) in [5, 5.41) is 11.9. The molecule has 3 heterocycles. The molecule has 700 valence electrons. The van der Waals surface area contributed by atoms with Gasteiger partial charge in [-0.05, 0) is 267 Å². The van der Waals surface area contributed by atoms with E-state index >= 15 is 0 Å². The molecular weight excluding hydrogens is 1800 g/mol. The third-order valence-corrected chi connectivity index (χ3v) is 28.1. The Morgan fingerprint density at radius 1 is 0.135 bits per heavy atom. The van der Waals surface area contributed by atoms with Crippen molar-refractivity contribution >= 4 is 173 Å². The highest BCUT2D eigenvalue weighted by molar-refractivity contribution is 6.14. The van der Waals surface area contributed by atoms with Crippen molar-refractivity contribution in [1.29, 1.82) is 0 Å². The minimum Gasteiger partial charge on any atom is -0.454 e. The zero-order valence-corrected chi connectivity index (χ0v) is 81.1. The van der Waals surface area contributed by atoms with Gasteiger partial charge in [-0.3, -0.25) is 0 Å². The molecule has 0 saturated heterocycles. The summed E-state index contributed by atoms with van der Waals surface area (Å²) in [4.78, 5) is 11.6. The Bertz CT molecular complexity index is 8880. The molecule has 0 amide bonds. The van der Waals surface area contributed by atoms with Crippen LogP contribution in [-0.4, -0.2) is 4.57 Å². The molecular formula is C140H98N6O2.